The summed E-state index contributed by atoms with van der Waals surface area (Å²) in [5.74, 6) is 0. The maximum absolute atomic E-state index is 2.63. The fourth-order valence-electron chi connectivity index (χ4n) is 14.7. The first-order valence-corrected chi connectivity index (χ1v) is 27.1. The van der Waals surface area contributed by atoms with E-state index in [1.807, 2.05) is 0 Å². The Hall–Kier alpha value is -10.4. The molecule has 0 unspecified atom stereocenters. The molecule has 0 aliphatic carbocycles. The first-order chi connectivity index (χ1) is 38.7. The van der Waals surface area contributed by atoms with E-state index < -0.39 is 0 Å². The topological polar surface area (TPSA) is 18.7 Å². The third-order valence-electron chi connectivity index (χ3n) is 17.7. The summed E-state index contributed by atoms with van der Waals surface area (Å²) in [6.45, 7) is 0. The van der Waals surface area contributed by atoms with Gasteiger partial charge < -0.3 is 17.9 Å². The molecule has 0 aliphatic rings. The molecule has 6 heterocycles. The van der Waals surface area contributed by atoms with E-state index in [9.17, 15) is 0 Å². The third kappa shape index (κ3) is 5.06. The van der Waals surface area contributed by atoms with Crippen molar-refractivity contribution in [1.29, 1.82) is 0 Å². The van der Waals surface area contributed by atoms with Crippen LogP contribution in [0.4, 0.5) is 0 Å². The highest BCUT2D eigenvalue weighted by Gasteiger charge is 2.28. The lowest BCUT2D eigenvalue weighted by atomic mass is 9.93. The minimum atomic E-state index is 1.16. The monoisotopic (exact) mass is 986 g/mol. The molecule has 0 bridgehead atoms. The van der Waals surface area contributed by atoms with Gasteiger partial charge >= 0.3 is 0 Å². The molecule has 78 heavy (non-hydrogen) atoms. The number of nitrogens with zero attached hydrogens (tertiary/aromatic N) is 4. The minimum absolute atomic E-state index is 1.16. The summed E-state index contributed by atoms with van der Waals surface area (Å²) in [5, 5.41) is 20.3. The number of para-hydroxylation sites is 6. The first kappa shape index (κ1) is 40.9. The maximum Gasteiger partial charge on any atom is 0.0626 e. The molecule has 0 radical (unpaired) electrons. The van der Waals surface area contributed by atoms with Crippen LogP contribution in [0, 0.1) is 0 Å². The molecule has 4 heteroatoms. The zero-order chi connectivity index (χ0) is 50.5. The van der Waals surface area contributed by atoms with E-state index >= 15 is 0 Å². The highest BCUT2D eigenvalue weighted by molar-refractivity contribution is 6.38. The summed E-state index contributed by atoms with van der Waals surface area (Å²) in [4.78, 5) is 0. The Morgan fingerprint density at radius 2 is 0.564 bits per heavy atom. The van der Waals surface area contributed by atoms with Crippen molar-refractivity contribution >= 4 is 141 Å². The van der Waals surface area contributed by atoms with Gasteiger partial charge in [-0.2, -0.15) is 0 Å². The fourth-order valence-corrected chi connectivity index (χ4v) is 14.7. The minimum Gasteiger partial charge on any atom is -0.309 e. The van der Waals surface area contributed by atoms with E-state index in [2.05, 4.69) is 273 Å². The van der Waals surface area contributed by atoms with Gasteiger partial charge in [-0.25, -0.2) is 0 Å². The van der Waals surface area contributed by atoms with Gasteiger partial charge in [0.15, 0.2) is 0 Å². The van der Waals surface area contributed by atoms with Crippen LogP contribution < -0.4 is 0 Å². The van der Waals surface area contributed by atoms with Crippen molar-refractivity contribution in [2.24, 2.45) is 0 Å². The fraction of sp³-hybridized carbons (Fsp3) is 0. The second-order valence-corrected chi connectivity index (χ2v) is 21.5. The van der Waals surface area contributed by atoms with Gasteiger partial charge in [0.1, 0.15) is 0 Å². The lowest BCUT2D eigenvalue weighted by molar-refractivity contribution is 1.18. The zero-order valence-electron chi connectivity index (χ0n) is 42.0. The molecule has 0 amide bonds. The predicted molar refractivity (Wildman–Crippen MR) is 330 cm³/mol. The van der Waals surface area contributed by atoms with Crippen LogP contribution in [0.3, 0.4) is 0 Å². The van der Waals surface area contributed by atoms with Gasteiger partial charge in [-0.05, 0) is 118 Å². The highest BCUT2D eigenvalue weighted by atomic mass is 15.0. The molecule has 13 aromatic carbocycles. The van der Waals surface area contributed by atoms with E-state index in [1.54, 1.807) is 0 Å². The molecular formula is C74H42N4. The molecule has 19 aromatic rings. The van der Waals surface area contributed by atoms with Gasteiger partial charge in [0.05, 0.1) is 55.2 Å². The van der Waals surface area contributed by atoms with Gasteiger partial charge in [0, 0.05) is 87.1 Å². The number of aromatic nitrogens is 4. The molecular weight excluding hydrogens is 945 g/mol. The molecule has 0 spiro atoms. The standard InChI is InChI=1S/C74H42N4/c1-3-19-47(20-4-1)75-61-31-13-11-25-51(61)57-41-45(33-35-63(57)75)67-49-23-9-7-17-43(49)39-59-53-27-15-29-55-69-65(77(71(53)55)73(59)67)37-38-66-70(69)56-30-16-28-54-60-40-44-18-8-10-24-50(44)68(74(60)78(66)72(54)56)46-34-36-64-58(42-46)52-26-12-14-32-62(52)76(64)48-21-5-2-6-22-48/h1-42H. The van der Waals surface area contributed by atoms with Crippen molar-refractivity contribution in [3.05, 3.63) is 255 Å². The molecule has 0 aliphatic heterocycles. The molecule has 0 saturated heterocycles. The molecule has 0 fully saturated rings. The van der Waals surface area contributed by atoms with Crippen LogP contribution in [0.25, 0.3) is 175 Å². The van der Waals surface area contributed by atoms with Crippen LogP contribution in [0.15, 0.2) is 255 Å². The Bertz CT molecular complexity index is 5430. The molecule has 0 N–H and O–H groups in total. The average molecular weight is 987 g/mol. The van der Waals surface area contributed by atoms with Crippen molar-refractivity contribution in [1.82, 2.24) is 17.9 Å². The van der Waals surface area contributed by atoms with Crippen LogP contribution >= 0.6 is 0 Å². The van der Waals surface area contributed by atoms with Crippen molar-refractivity contribution in [3.8, 4) is 33.6 Å². The summed E-state index contributed by atoms with van der Waals surface area (Å²) in [5.41, 5.74) is 19.6. The quantitative estimate of drug-likeness (QED) is 0.167. The predicted octanol–water partition coefficient (Wildman–Crippen LogP) is 19.8. The Balaban J connectivity index is 0.925. The van der Waals surface area contributed by atoms with Gasteiger partial charge in [-0.1, -0.05) is 170 Å². The van der Waals surface area contributed by atoms with Gasteiger partial charge in [0.2, 0.25) is 0 Å². The highest BCUT2D eigenvalue weighted by Crippen LogP contribution is 2.52. The van der Waals surface area contributed by atoms with Gasteiger partial charge in [-0.15, -0.1) is 0 Å². The molecule has 0 atom stereocenters. The lowest BCUT2D eigenvalue weighted by Crippen LogP contribution is -1.93. The smallest absolute Gasteiger partial charge is 0.0626 e. The number of hydrogen-bond acceptors (Lipinski definition) is 0. The van der Waals surface area contributed by atoms with Gasteiger partial charge in [0.25, 0.3) is 0 Å². The molecule has 0 saturated carbocycles. The van der Waals surface area contributed by atoms with Crippen molar-refractivity contribution in [3.63, 3.8) is 0 Å². The Morgan fingerprint density at radius 3 is 1.03 bits per heavy atom. The normalized spacial score (nSPS) is 12.6. The summed E-state index contributed by atoms with van der Waals surface area (Å²) in [6, 6.07) is 95.4. The van der Waals surface area contributed by atoms with Crippen LogP contribution in [0.1, 0.15) is 0 Å². The van der Waals surface area contributed by atoms with E-state index in [-0.39, 0.29) is 0 Å². The summed E-state index contributed by atoms with van der Waals surface area (Å²) in [6.07, 6.45) is 0. The molecule has 6 aromatic heterocycles. The van der Waals surface area contributed by atoms with Crippen LogP contribution in [0.5, 0.6) is 0 Å². The number of benzene rings is 13. The summed E-state index contributed by atoms with van der Waals surface area (Å²) in [7, 11) is 0. The van der Waals surface area contributed by atoms with E-state index in [0.717, 1.165) is 11.4 Å². The van der Waals surface area contributed by atoms with Crippen LogP contribution in [-0.2, 0) is 0 Å². The largest absolute Gasteiger partial charge is 0.309 e. The van der Waals surface area contributed by atoms with Gasteiger partial charge in [-0.3, -0.25) is 0 Å². The Labute approximate surface area is 445 Å². The Kier molecular flexibility index (Phi) is 7.71. The SMILES string of the molecule is c1ccc(-n2c3ccccc3c3cc(-c4c5ccccc5cc5c6cccc7c8c9c%10cccc%11c%12cc%13ccccc%13c(-c%13ccc%14c(c%13)c%13ccccc%13n%14-c%13ccccc%13)c%12n(c9ccc8n(c45)c67)c%11%10)ccc32)cc1. The molecule has 358 valence electrons. The van der Waals surface area contributed by atoms with E-state index in [0.29, 0.717) is 0 Å². The number of rotatable bonds is 4. The second-order valence-electron chi connectivity index (χ2n) is 21.5. The van der Waals surface area contributed by atoms with Crippen molar-refractivity contribution in [2.45, 2.75) is 0 Å². The summed E-state index contributed by atoms with van der Waals surface area (Å²) >= 11 is 0. The maximum atomic E-state index is 2.63. The lowest BCUT2D eigenvalue weighted by Gasteiger charge is -2.13. The third-order valence-corrected chi connectivity index (χ3v) is 17.7. The summed E-state index contributed by atoms with van der Waals surface area (Å²) < 4.78 is 10.1. The molecule has 4 nitrogen and oxygen atoms in total. The average Bonchev–Trinajstić information content (AvgIpc) is 3.72. The van der Waals surface area contributed by atoms with Crippen LogP contribution in [0.2, 0.25) is 0 Å². The first-order valence-electron chi connectivity index (χ1n) is 27.1. The number of fused-ring (bicyclic) bond motifs is 21. The molecule has 19 rings (SSSR count). The Morgan fingerprint density at radius 1 is 0.205 bits per heavy atom. The number of hydrogen-bond donors (Lipinski definition) is 0. The van der Waals surface area contributed by atoms with E-state index in [4.69, 9.17) is 0 Å². The van der Waals surface area contributed by atoms with Crippen molar-refractivity contribution in [2.75, 3.05) is 0 Å². The van der Waals surface area contributed by atoms with Crippen LogP contribution in [-0.4, -0.2) is 17.9 Å². The zero-order valence-corrected chi connectivity index (χ0v) is 42.0. The van der Waals surface area contributed by atoms with E-state index in [1.165, 1.54) is 164 Å². The van der Waals surface area contributed by atoms with Crippen molar-refractivity contribution < 1.29 is 0 Å². The second kappa shape index (κ2) is 14.7.